The Kier molecular flexibility index (Phi) is 12.6. The van der Waals surface area contributed by atoms with Gasteiger partial charge in [0, 0.05) is 36.5 Å². The second-order valence-corrected chi connectivity index (χ2v) is 14.5. The zero-order valence-electron chi connectivity index (χ0n) is 31.2. The maximum absolute atomic E-state index is 13.9. The molecule has 3 amide bonds. The number of nitriles is 1. The number of hydrogen-bond donors (Lipinski definition) is 2. The molecule has 0 aliphatic carbocycles. The van der Waals surface area contributed by atoms with Crippen molar-refractivity contribution in [3.63, 3.8) is 0 Å². The number of allylic oxidation sites excluding steroid dienone is 5. The number of rotatable bonds is 13. The second-order valence-electron chi connectivity index (χ2n) is 13.4. The molecule has 2 N–H and O–H groups in total. The van der Waals surface area contributed by atoms with Crippen molar-refractivity contribution in [2.24, 2.45) is 10.1 Å². The number of nitrogens with zero attached hydrogens (tertiary/aromatic N) is 5. The number of aliphatic imine (C=N–C) groups is 1. The SMILES string of the molecule is CCO/N=C(\CC(=O)OC(C)(C)C)C(=O)NC1C(=O)N2C(C(=O)OCc3ccc(OC)cc3)=C(CN3C=CC(=C4C=NC(C(=O)NC#N)=C4C)C=C3)CSC12. The summed E-state index contributed by atoms with van der Waals surface area (Å²) >= 11 is 1.36. The number of hydrogen-bond acceptors (Lipinski definition) is 14. The largest absolute Gasteiger partial charge is 0.497 e. The van der Waals surface area contributed by atoms with Gasteiger partial charge in [-0.1, -0.05) is 17.3 Å². The second kappa shape index (κ2) is 17.3. The number of amides is 3. The van der Waals surface area contributed by atoms with E-state index < -0.39 is 53.1 Å². The molecule has 1 aromatic rings. The molecule has 5 rings (SSSR count). The van der Waals surface area contributed by atoms with E-state index in [1.807, 2.05) is 17.1 Å². The highest BCUT2D eigenvalue weighted by Gasteiger charge is 2.54. The molecule has 55 heavy (non-hydrogen) atoms. The Morgan fingerprint density at radius 1 is 1.13 bits per heavy atom. The van der Waals surface area contributed by atoms with Crippen molar-refractivity contribution in [3.05, 3.63) is 88.1 Å². The Hall–Kier alpha value is -6.15. The van der Waals surface area contributed by atoms with Crippen molar-refractivity contribution >= 4 is 53.3 Å². The predicted octanol–water partition coefficient (Wildman–Crippen LogP) is 3.11. The van der Waals surface area contributed by atoms with Crippen molar-refractivity contribution in [1.29, 1.82) is 5.26 Å². The summed E-state index contributed by atoms with van der Waals surface area (Å²) in [7, 11) is 1.55. The molecule has 0 spiro atoms. The van der Waals surface area contributed by atoms with Gasteiger partial charge < -0.3 is 29.3 Å². The molecule has 16 nitrogen and oxygen atoms in total. The Morgan fingerprint density at radius 2 is 1.84 bits per heavy atom. The van der Waals surface area contributed by atoms with E-state index in [4.69, 9.17) is 24.3 Å². The number of carbonyl (C=O) groups excluding carboxylic acids is 5. The van der Waals surface area contributed by atoms with Crippen LogP contribution >= 0.6 is 11.8 Å². The Balaban J connectivity index is 1.36. The van der Waals surface area contributed by atoms with Crippen molar-refractivity contribution < 1.29 is 43.0 Å². The van der Waals surface area contributed by atoms with Gasteiger partial charge in [0.15, 0.2) is 11.9 Å². The summed E-state index contributed by atoms with van der Waals surface area (Å²) in [5.74, 6) is -2.34. The molecule has 4 aliphatic heterocycles. The van der Waals surface area contributed by atoms with Gasteiger partial charge in [0.2, 0.25) is 0 Å². The minimum atomic E-state index is -1.03. The molecule has 2 atom stereocenters. The number of carbonyl (C=O) groups is 5. The molecule has 4 heterocycles. The molecular formula is C38H41N7O9S. The fraction of sp³-hybridized carbons (Fsp3) is 0.368. The number of nitrogens with one attached hydrogen (secondary N) is 2. The van der Waals surface area contributed by atoms with Gasteiger partial charge in [0.05, 0.1) is 13.5 Å². The minimum absolute atomic E-state index is 0.0647. The minimum Gasteiger partial charge on any atom is -0.497 e. The van der Waals surface area contributed by atoms with Crippen LogP contribution in [-0.4, -0.2) is 94.4 Å². The van der Waals surface area contributed by atoms with E-state index >= 15 is 0 Å². The molecule has 0 saturated carbocycles. The highest BCUT2D eigenvalue weighted by molar-refractivity contribution is 8.00. The van der Waals surface area contributed by atoms with E-state index in [0.29, 0.717) is 33.8 Å². The molecule has 0 aromatic heterocycles. The monoisotopic (exact) mass is 771 g/mol. The Labute approximate surface area is 322 Å². The normalized spacial score (nSPS) is 19.1. The first kappa shape index (κ1) is 40.0. The average Bonchev–Trinajstić information content (AvgIpc) is 3.55. The van der Waals surface area contributed by atoms with E-state index in [2.05, 4.69) is 20.8 Å². The van der Waals surface area contributed by atoms with Gasteiger partial charge in [0.25, 0.3) is 17.7 Å². The molecule has 1 saturated heterocycles. The molecular weight excluding hydrogens is 731 g/mol. The van der Waals surface area contributed by atoms with Crippen LogP contribution in [0.1, 0.15) is 46.6 Å². The van der Waals surface area contributed by atoms with E-state index in [1.54, 1.807) is 90.8 Å². The zero-order valence-corrected chi connectivity index (χ0v) is 32.0. The lowest BCUT2D eigenvalue weighted by molar-refractivity contribution is -0.154. The number of ether oxygens (including phenoxy) is 3. The maximum Gasteiger partial charge on any atom is 0.355 e. The number of oxime groups is 1. The highest BCUT2D eigenvalue weighted by Crippen LogP contribution is 2.41. The van der Waals surface area contributed by atoms with Gasteiger partial charge >= 0.3 is 11.9 Å². The zero-order chi connectivity index (χ0) is 39.9. The van der Waals surface area contributed by atoms with E-state index in [1.165, 1.54) is 16.7 Å². The van der Waals surface area contributed by atoms with Crippen LogP contribution in [0.5, 0.6) is 5.75 Å². The fourth-order valence-electron chi connectivity index (χ4n) is 5.81. The molecule has 4 aliphatic rings. The number of thioether (sulfide) groups is 1. The Bertz CT molecular complexity index is 2000. The van der Waals surface area contributed by atoms with Gasteiger partial charge in [-0.3, -0.25) is 34.4 Å². The highest BCUT2D eigenvalue weighted by atomic mass is 32.2. The summed E-state index contributed by atoms with van der Waals surface area (Å²) < 4.78 is 16.3. The van der Waals surface area contributed by atoms with Crippen LogP contribution < -0.4 is 15.4 Å². The Morgan fingerprint density at radius 3 is 2.47 bits per heavy atom. The van der Waals surface area contributed by atoms with Crippen LogP contribution in [0.4, 0.5) is 0 Å². The van der Waals surface area contributed by atoms with Gasteiger partial charge in [-0.2, -0.15) is 5.26 Å². The molecule has 0 bridgehead atoms. The lowest BCUT2D eigenvalue weighted by Crippen LogP contribution is -2.71. The third-order valence-corrected chi connectivity index (χ3v) is 9.74. The average molecular weight is 772 g/mol. The number of esters is 2. The van der Waals surface area contributed by atoms with Gasteiger partial charge in [0.1, 0.15) is 47.4 Å². The van der Waals surface area contributed by atoms with Gasteiger partial charge in [-0.25, -0.2) is 4.79 Å². The van der Waals surface area contributed by atoms with Crippen molar-refractivity contribution in [2.45, 2.75) is 64.7 Å². The smallest absolute Gasteiger partial charge is 0.355 e. The van der Waals surface area contributed by atoms with Crippen LogP contribution in [0.3, 0.4) is 0 Å². The first-order valence-corrected chi connectivity index (χ1v) is 18.3. The quantitative estimate of drug-likeness (QED) is 0.0743. The lowest BCUT2D eigenvalue weighted by Gasteiger charge is -2.50. The molecule has 288 valence electrons. The first-order chi connectivity index (χ1) is 26.2. The third kappa shape index (κ3) is 9.51. The van der Waals surface area contributed by atoms with Crippen LogP contribution in [-0.2, 0) is 44.9 Å². The van der Waals surface area contributed by atoms with Crippen LogP contribution in [0, 0.1) is 11.5 Å². The standard InChI is InChI=1S/C38H41N7O9S/c1-7-53-43-28(16-29(46)54-38(3,4)5)33(47)42-31-35(49)45-32(37(50)52-19-23-8-10-26(51-6)11-9-23)25(20-55-36(31)45)18-44-14-12-24(13-15-44)27-17-40-30(22(27)2)34(48)41-21-39/h8-15,17,31,36H,7,16,18-20H2,1-6H3,(H,41,48)(H,42,47)/b43-28+. The predicted molar refractivity (Wildman–Crippen MR) is 201 cm³/mol. The van der Waals surface area contributed by atoms with Crippen molar-refractivity contribution in [3.8, 4) is 11.9 Å². The van der Waals surface area contributed by atoms with Crippen LogP contribution in [0.25, 0.3) is 0 Å². The van der Waals surface area contributed by atoms with E-state index in [9.17, 15) is 24.0 Å². The summed E-state index contributed by atoms with van der Waals surface area (Å²) in [5.41, 5.74) is 2.61. The summed E-state index contributed by atoms with van der Waals surface area (Å²) in [6.45, 7) is 8.80. The molecule has 1 aromatic carbocycles. The van der Waals surface area contributed by atoms with E-state index in [0.717, 1.165) is 5.57 Å². The maximum atomic E-state index is 13.9. The molecule has 2 unspecified atom stereocenters. The topological polar surface area (TPSA) is 201 Å². The number of benzene rings is 1. The molecule has 0 radical (unpaired) electrons. The number of methoxy groups -OCH3 is 1. The van der Waals surface area contributed by atoms with Crippen LogP contribution in [0.2, 0.25) is 0 Å². The van der Waals surface area contributed by atoms with Gasteiger partial charge in [-0.15, -0.1) is 11.8 Å². The molecule has 17 heteroatoms. The lowest BCUT2D eigenvalue weighted by atomic mass is 10.00. The summed E-state index contributed by atoms with van der Waals surface area (Å²) in [4.78, 5) is 78.1. The first-order valence-electron chi connectivity index (χ1n) is 17.2. The van der Waals surface area contributed by atoms with E-state index in [-0.39, 0.29) is 36.9 Å². The van der Waals surface area contributed by atoms with Crippen molar-refractivity contribution in [1.82, 2.24) is 20.4 Å². The number of fused-ring (bicyclic) bond motifs is 1. The summed E-state index contributed by atoms with van der Waals surface area (Å²) in [5, 5.41) is 16.7. The fourth-order valence-corrected chi connectivity index (χ4v) is 7.15. The van der Waals surface area contributed by atoms with Crippen LogP contribution in [0.15, 0.2) is 92.7 Å². The summed E-state index contributed by atoms with van der Waals surface area (Å²) in [6, 6.07) is 5.99. The number of β-lactam (4-membered cyclic amide) rings is 1. The molecule has 1 fully saturated rings. The van der Waals surface area contributed by atoms with Gasteiger partial charge in [-0.05, 0) is 81.2 Å². The summed E-state index contributed by atoms with van der Waals surface area (Å²) in [6.07, 6.45) is 9.95. The van der Waals surface area contributed by atoms with Crippen molar-refractivity contribution in [2.75, 3.05) is 26.0 Å². The third-order valence-electron chi connectivity index (χ3n) is 8.40.